The maximum absolute atomic E-state index is 10.5. The average Bonchev–Trinajstić information content (AvgIpc) is 3.22. The average molecular weight is 436 g/mol. The van der Waals surface area contributed by atoms with Crippen LogP contribution in [0.1, 0.15) is 11.3 Å². The second kappa shape index (κ2) is 10.6. The second-order valence-electron chi connectivity index (χ2n) is 6.63. The van der Waals surface area contributed by atoms with Gasteiger partial charge >= 0.3 is 0 Å². The molecule has 0 aliphatic heterocycles. The van der Waals surface area contributed by atoms with E-state index in [1.165, 1.54) is 0 Å². The molecule has 1 atom stereocenters. The minimum Gasteiger partial charge on any atom is -0.497 e. The number of benzene rings is 2. The summed E-state index contributed by atoms with van der Waals surface area (Å²) in [5.41, 5.74) is 0.922. The number of hydrogen-bond donors (Lipinski definition) is 1. The third kappa shape index (κ3) is 6.68. The summed E-state index contributed by atoms with van der Waals surface area (Å²) < 4.78 is 16.3. The summed E-state index contributed by atoms with van der Waals surface area (Å²) in [5, 5.41) is 11.7. The number of hydrogen-bond acceptors (Lipinski definition) is 5. The van der Waals surface area contributed by atoms with E-state index in [2.05, 4.69) is 4.90 Å². The molecule has 0 amide bonds. The van der Waals surface area contributed by atoms with Gasteiger partial charge < -0.3 is 19.0 Å². The zero-order valence-electron chi connectivity index (χ0n) is 16.1. The predicted molar refractivity (Wildman–Crippen MR) is 114 cm³/mol. The van der Waals surface area contributed by atoms with Gasteiger partial charge in [-0.25, -0.2) is 0 Å². The number of furan rings is 1. The van der Waals surface area contributed by atoms with E-state index in [0.29, 0.717) is 35.4 Å². The van der Waals surface area contributed by atoms with Crippen LogP contribution in [0.4, 0.5) is 0 Å². The van der Waals surface area contributed by atoms with Crippen LogP contribution in [0.2, 0.25) is 10.0 Å². The summed E-state index contributed by atoms with van der Waals surface area (Å²) in [6.45, 7) is 1.62. The first kappa shape index (κ1) is 21.5. The molecule has 5 nitrogen and oxygen atoms in total. The van der Waals surface area contributed by atoms with Crippen molar-refractivity contribution in [2.75, 3.05) is 20.3 Å². The lowest BCUT2D eigenvalue weighted by atomic mass is 10.2. The van der Waals surface area contributed by atoms with Crippen LogP contribution in [0.3, 0.4) is 0 Å². The van der Waals surface area contributed by atoms with Crippen LogP contribution in [0.15, 0.2) is 65.3 Å². The number of nitrogens with zero attached hydrogens (tertiary/aromatic N) is 1. The predicted octanol–water partition coefficient (Wildman–Crippen LogP) is 5.04. The van der Waals surface area contributed by atoms with Gasteiger partial charge in [-0.05, 0) is 54.1 Å². The first-order valence-electron chi connectivity index (χ1n) is 9.17. The fraction of sp³-hybridized carbons (Fsp3) is 0.273. The standard InChI is InChI=1S/C22H23Cl2NO4/c1-27-19-6-8-20(9-7-19)29-15-18(26)13-25(14-21-3-2-10-28-21)12-16-4-5-17(23)11-22(16)24/h2-11,18,26H,12-15H2,1H3. The monoisotopic (exact) mass is 435 g/mol. The van der Waals surface area contributed by atoms with Crippen molar-refractivity contribution in [1.29, 1.82) is 0 Å². The summed E-state index contributed by atoms with van der Waals surface area (Å²) >= 11 is 12.3. The molecule has 0 saturated carbocycles. The lowest BCUT2D eigenvalue weighted by Crippen LogP contribution is -2.35. The van der Waals surface area contributed by atoms with E-state index in [0.717, 1.165) is 17.1 Å². The van der Waals surface area contributed by atoms with Gasteiger partial charge in [-0.2, -0.15) is 0 Å². The van der Waals surface area contributed by atoms with Crippen molar-refractivity contribution < 1.29 is 19.0 Å². The van der Waals surface area contributed by atoms with E-state index in [4.69, 9.17) is 37.1 Å². The van der Waals surface area contributed by atoms with Crippen LogP contribution >= 0.6 is 23.2 Å². The van der Waals surface area contributed by atoms with Crippen molar-refractivity contribution in [3.05, 3.63) is 82.2 Å². The lowest BCUT2D eigenvalue weighted by Gasteiger charge is -2.25. The van der Waals surface area contributed by atoms with Crippen molar-refractivity contribution in [1.82, 2.24) is 4.90 Å². The second-order valence-corrected chi connectivity index (χ2v) is 7.47. The zero-order valence-corrected chi connectivity index (χ0v) is 17.6. The fourth-order valence-corrected chi connectivity index (χ4v) is 3.38. The topological polar surface area (TPSA) is 55.1 Å². The third-order valence-corrected chi connectivity index (χ3v) is 4.93. The molecule has 3 aromatic rings. The molecular weight excluding hydrogens is 413 g/mol. The summed E-state index contributed by atoms with van der Waals surface area (Å²) in [7, 11) is 1.61. The van der Waals surface area contributed by atoms with Crippen LogP contribution < -0.4 is 9.47 Å². The third-order valence-electron chi connectivity index (χ3n) is 4.34. The van der Waals surface area contributed by atoms with Crippen molar-refractivity contribution in [3.8, 4) is 11.5 Å². The van der Waals surface area contributed by atoms with Gasteiger partial charge in [0.1, 0.15) is 30.0 Å². The molecule has 1 heterocycles. The van der Waals surface area contributed by atoms with Crippen LogP contribution in [0, 0.1) is 0 Å². The molecule has 7 heteroatoms. The number of halogens is 2. The maximum atomic E-state index is 10.5. The van der Waals surface area contributed by atoms with E-state index in [-0.39, 0.29) is 6.61 Å². The van der Waals surface area contributed by atoms with Crippen molar-refractivity contribution in [2.24, 2.45) is 0 Å². The number of methoxy groups -OCH3 is 1. The van der Waals surface area contributed by atoms with Gasteiger partial charge in [-0.3, -0.25) is 4.90 Å². The van der Waals surface area contributed by atoms with Gasteiger partial charge in [-0.1, -0.05) is 29.3 Å². The molecule has 0 radical (unpaired) electrons. The SMILES string of the molecule is COc1ccc(OCC(O)CN(Cc2ccco2)Cc2ccc(Cl)cc2Cl)cc1. The molecule has 1 unspecified atom stereocenters. The summed E-state index contributed by atoms with van der Waals surface area (Å²) in [4.78, 5) is 2.05. The number of aliphatic hydroxyl groups excluding tert-OH is 1. The zero-order chi connectivity index (χ0) is 20.6. The minimum absolute atomic E-state index is 0.162. The number of rotatable bonds is 10. The minimum atomic E-state index is -0.696. The Hall–Kier alpha value is -2.18. The number of aliphatic hydroxyl groups is 1. The molecule has 0 saturated heterocycles. The molecule has 0 fully saturated rings. The Morgan fingerprint density at radius 3 is 2.45 bits per heavy atom. The molecule has 2 aromatic carbocycles. The van der Waals surface area contributed by atoms with E-state index in [1.54, 1.807) is 37.6 Å². The van der Waals surface area contributed by atoms with Crippen LogP contribution in [-0.4, -0.2) is 36.4 Å². The molecule has 0 spiro atoms. The Balaban J connectivity index is 1.61. The Kier molecular flexibility index (Phi) is 7.83. The van der Waals surface area contributed by atoms with Crippen LogP contribution in [0.25, 0.3) is 0 Å². The highest BCUT2D eigenvalue weighted by atomic mass is 35.5. The highest BCUT2D eigenvalue weighted by Crippen LogP contribution is 2.23. The Morgan fingerprint density at radius 1 is 1.03 bits per heavy atom. The Labute approximate surface area is 180 Å². The van der Waals surface area contributed by atoms with Gasteiger partial charge in [0.2, 0.25) is 0 Å². The van der Waals surface area contributed by atoms with E-state index in [1.807, 2.05) is 30.3 Å². The van der Waals surface area contributed by atoms with E-state index >= 15 is 0 Å². The molecule has 154 valence electrons. The maximum Gasteiger partial charge on any atom is 0.119 e. The largest absolute Gasteiger partial charge is 0.497 e. The molecule has 0 aliphatic carbocycles. The first-order valence-corrected chi connectivity index (χ1v) is 9.92. The van der Waals surface area contributed by atoms with Crippen molar-refractivity contribution in [2.45, 2.75) is 19.2 Å². The first-order chi connectivity index (χ1) is 14.0. The summed E-state index contributed by atoms with van der Waals surface area (Å²) in [5.74, 6) is 2.23. The highest BCUT2D eigenvalue weighted by Gasteiger charge is 2.16. The van der Waals surface area contributed by atoms with Gasteiger partial charge in [0.05, 0.1) is 19.9 Å². The van der Waals surface area contributed by atoms with Gasteiger partial charge in [0.15, 0.2) is 0 Å². The van der Waals surface area contributed by atoms with Gasteiger partial charge in [0, 0.05) is 23.1 Å². The van der Waals surface area contributed by atoms with E-state index < -0.39 is 6.10 Å². The van der Waals surface area contributed by atoms with Crippen molar-refractivity contribution in [3.63, 3.8) is 0 Å². The molecule has 1 aromatic heterocycles. The molecule has 3 rings (SSSR count). The molecule has 29 heavy (non-hydrogen) atoms. The van der Waals surface area contributed by atoms with Crippen molar-refractivity contribution >= 4 is 23.2 Å². The highest BCUT2D eigenvalue weighted by molar-refractivity contribution is 6.35. The van der Waals surface area contributed by atoms with Crippen LogP contribution in [0.5, 0.6) is 11.5 Å². The smallest absolute Gasteiger partial charge is 0.119 e. The van der Waals surface area contributed by atoms with Crippen LogP contribution in [-0.2, 0) is 13.1 Å². The van der Waals surface area contributed by atoms with E-state index in [9.17, 15) is 5.11 Å². The van der Waals surface area contributed by atoms with Gasteiger partial charge in [-0.15, -0.1) is 0 Å². The quantitative estimate of drug-likeness (QED) is 0.483. The number of ether oxygens (including phenoxy) is 2. The summed E-state index contributed by atoms with van der Waals surface area (Å²) in [6.07, 6.45) is 0.935. The Bertz CT molecular complexity index is 884. The molecule has 0 aliphatic rings. The normalized spacial score (nSPS) is 12.2. The molecular formula is C22H23Cl2NO4. The molecule has 1 N–H and O–H groups in total. The molecule has 0 bridgehead atoms. The Morgan fingerprint density at radius 2 is 1.79 bits per heavy atom. The van der Waals surface area contributed by atoms with Gasteiger partial charge in [0.25, 0.3) is 0 Å². The lowest BCUT2D eigenvalue weighted by molar-refractivity contribution is 0.0604. The fourth-order valence-electron chi connectivity index (χ4n) is 2.91. The summed E-state index contributed by atoms with van der Waals surface area (Å²) in [6, 6.07) is 16.4.